The molecule has 0 atom stereocenters. The number of unbranched alkanes of at least 4 members (excludes halogenated alkanes) is 1. The zero-order chi connectivity index (χ0) is 23.8. The normalized spacial score (nSPS) is 14.5. The van der Waals surface area contributed by atoms with Crippen LogP contribution in [-0.2, 0) is 14.8 Å². The van der Waals surface area contributed by atoms with Crippen LogP contribution < -0.4 is 14.8 Å². The van der Waals surface area contributed by atoms with Crippen LogP contribution in [0, 0.1) is 5.92 Å². The van der Waals surface area contributed by atoms with Gasteiger partial charge in [0.15, 0.2) is 0 Å². The number of carbonyl (C=O) groups excluding carboxylic acids is 2. The van der Waals surface area contributed by atoms with Crippen molar-refractivity contribution in [1.29, 1.82) is 0 Å². The smallest absolute Gasteiger partial charge is 0.262 e. The highest BCUT2D eigenvalue weighted by Gasteiger charge is 2.27. The second kappa shape index (κ2) is 11.2. The summed E-state index contributed by atoms with van der Waals surface area (Å²) in [5.74, 6) is 0.339. The summed E-state index contributed by atoms with van der Waals surface area (Å²) in [6, 6.07) is 12.5. The summed E-state index contributed by atoms with van der Waals surface area (Å²) in [7, 11) is -2.31. The van der Waals surface area contributed by atoms with E-state index in [2.05, 4.69) is 17.0 Å². The van der Waals surface area contributed by atoms with E-state index in [9.17, 15) is 18.0 Å². The number of hydrogen-bond donors (Lipinski definition) is 2. The van der Waals surface area contributed by atoms with Crippen LogP contribution in [0.4, 0.5) is 5.69 Å². The molecule has 1 saturated heterocycles. The number of amides is 2. The van der Waals surface area contributed by atoms with Crippen molar-refractivity contribution in [3.8, 4) is 5.75 Å². The van der Waals surface area contributed by atoms with Crippen LogP contribution in [0.25, 0.3) is 0 Å². The summed E-state index contributed by atoms with van der Waals surface area (Å²) in [4.78, 5) is 26.9. The van der Waals surface area contributed by atoms with Gasteiger partial charge in [-0.2, -0.15) is 0 Å². The Bertz CT molecular complexity index is 1060. The Labute approximate surface area is 195 Å². The molecule has 0 spiro atoms. The monoisotopic (exact) mass is 473 g/mol. The molecule has 2 N–H and O–H groups in total. The number of anilines is 1. The minimum absolute atomic E-state index is 0.0562. The van der Waals surface area contributed by atoms with Gasteiger partial charge in [-0.25, -0.2) is 8.42 Å². The lowest BCUT2D eigenvalue weighted by atomic mass is 9.95. The number of hydrogen-bond acceptors (Lipinski definition) is 5. The van der Waals surface area contributed by atoms with Crippen LogP contribution in [0.1, 0.15) is 43.0 Å². The maximum Gasteiger partial charge on any atom is 0.262 e. The molecule has 0 bridgehead atoms. The molecule has 2 amide bonds. The summed E-state index contributed by atoms with van der Waals surface area (Å²) in [6.07, 6.45) is 3.29. The number of benzene rings is 2. The topological polar surface area (TPSA) is 105 Å². The molecule has 2 aromatic carbocycles. The maximum absolute atomic E-state index is 12.8. The summed E-state index contributed by atoms with van der Waals surface area (Å²) in [5, 5.41) is 2.97. The minimum Gasteiger partial charge on any atom is -0.497 e. The van der Waals surface area contributed by atoms with Crippen LogP contribution in [-0.4, -0.2) is 51.9 Å². The van der Waals surface area contributed by atoms with Gasteiger partial charge in [-0.1, -0.05) is 19.4 Å². The molecule has 3 rings (SSSR count). The molecule has 33 heavy (non-hydrogen) atoms. The van der Waals surface area contributed by atoms with Crippen molar-refractivity contribution in [1.82, 2.24) is 10.2 Å². The molecule has 9 heteroatoms. The van der Waals surface area contributed by atoms with Gasteiger partial charge >= 0.3 is 0 Å². The first-order valence-electron chi connectivity index (χ1n) is 11.2. The van der Waals surface area contributed by atoms with Crippen molar-refractivity contribution in [3.63, 3.8) is 0 Å². The van der Waals surface area contributed by atoms with Crippen LogP contribution in [0.2, 0.25) is 0 Å². The van der Waals surface area contributed by atoms with Crippen molar-refractivity contribution in [3.05, 3.63) is 54.1 Å². The Morgan fingerprint density at radius 3 is 2.42 bits per heavy atom. The number of likely N-dealkylation sites (tertiary alicyclic amines) is 1. The zero-order valence-corrected chi connectivity index (χ0v) is 19.9. The highest BCUT2D eigenvalue weighted by molar-refractivity contribution is 7.92. The van der Waals surface area contributed by atoms with Gasteiger partial charge in [-0.3, -0.25) is 14.3 Å². The molecular weight excluding hydrogens is 442 g/mol. The number of nitrogens with one attached hydrogen (secondary N) is 2. The highest BCUT2D eigenvalue weighted by Crippen LogP contribution is 2.22. The van der Waals surface area contributed by atoms with Crippen molar-refractivity contribution in [2.24, 2.45) is 5.92 Å². The standard InChI is InChI=1S/C24H31N3O5S/c1-3-4-14-25-23(28)18-12-15-27(16-13-18)24(29)19-8-10-20(11-9-19)26-33(30,31)22-7-5-6-21(17-22)32-2/h5-11,17-18,26H,3-4,12-16H2,1-2H3,(H,25,28). The van der Waals surface area contributed by atoms with E-state index in [0.29, 0.717) is 49.5 Å². The fraction of sp³-hybridized carbons (Fsp3) is 0.417. The van der Waals surface area contributed by atoms with Gasteiger partial charge < -0.3 is 15.0 Å². The second-order valence-electron chi connectivity index (χ2n) is 8.07. The van der Waals surface area contributed by atoms with E-state index in [1.54, 1.807) is 41.3 Å². The van der Waals surface area contributed by atoms with Crippen LogP contribution in [0.3, 0.4) is 0 Å². The average Bonchev–Trinajstić information content (AvgIpc) is 2.84. The van der Waals surface area contributed by atoms with E-state index in [1.165, 1.54) is 19.2 Å². The first kappa shape index (κ1) is 24.6. The molecule has 2 aromatic rings. The molecule has 1 aliphatic rings. The third-order valence-corrected chi connectivity index (χ3v) is 7.10. The third kappa shape index (κ3) is 6.47. The highest BCUT2D eigenvalue weighted by atomic mass is 32.2. The predicted octanol–water partition coefficient (Wildman–Crippen LogP) is 3.26. The van der Waals surface area contributed by atoms with Gasteiger partial charge in [0.1, 0.15) is 5.75 Å². The van der Waals surface area contributed by atoms with E-state index in [4.69, 9.17) is 4.74 Å². The Kier molecular flexibility index (Phi) is 8.32. The first-order valence-corrected chi connectivity index (χ1v) is 12.7. The van der Waals surface area contributed by atoms with Crippen molar-refractivity contribution >= 4 is 27.5 Å². The molecule has 178 valence electrons. The molecule has 1 fully saturated rings. The molecule has 0 aliphatic carbocycles. The number of piperidine rings is 1. The number of methoxy groups -OCH3 is 1. The first-order chi connectivity index (χ1) is 15.8. The van der Waals surface area contributed by atoms with Gasteiger partial charge in [-0.15, -0.1) is 0 Å². The van der Waals surface area contributed by atoms with E-state index < -0.39 is 10.0 Å². The lowest BCUT2D eigenvalue weighted by Gasteiger charge is -2.31. The van der Waals surface area contributed by atoms with Crippen LogP contribution in [0.5, 0.6) is 5.75 Å². The molecular formula is C24H31N3O5S. The number of carbonyl (C=O) groups is 2. The number of rotatable bonds is 9. The molecule has 0 unspecified atom stereocenters. The number of ether oxygens (including phenoxy) is 1. The Balaban J connectivity index is 1.57. The Morgan fingerprint density at radius 2 is 1.79 bits per heavy atom. The van der Waals surface area contributed by atoms with Crippen LogP contribution >= 0.6 is 0 Å². The van der Waals surface area contributed by atoms with Crippen molar-refractivity contribution in [2.75, 3.05) is 31.5 Å². The lowest BCUT2D eigenvalue weighted by molar-refractivity contribution is -0.126. The fourth-order valence-electron chi connectivity index (χ4n) is 3.72. The quantitative estimate of drug-likeness (QED) is 0.544. The van der Waals surface area contributed by atoms with Crippen molar-refractivity contribution < 1.29 is 22.7 Å². The molecule has 1 aliphatic heterocycles. The summed E-state index contributed by atoms with van der Waals surface area (Å²) >= 11 is 0. The summed E-state index contributed by atoms with van der Waals surface area (Å²) < 4.78 is 32.9. The summed E-state index contributed by atoms with van der Waals surface area (Å²) in [6.45, 7) is 3.82. The van der Waals surface area contributed by atoms with E-state index >= 15 is 0 Å². The Hall–Kier alpha value is -3.07. The van der Waals surface area contributed by atoms with Crippen molar-refractivity contribution in [2.45, 2.75) is 37.5 Å². The zero-order valence-electron chi connectivity index (χ0n) is 19.0. The van der Waals surface area contributed by atoms with E-state index in [0.717, 1.165) is 12.8 Å². The van der Waals surface area contributed by atoms with Gasteiger partial charge in [0.05, 0.1) is 12.0 Å². The second-order valence-corrected chi connectivity index (χ2v) is 9.76. The van der Waals surface area contributed by atoms with Gasteiger partial charge in [-0.05, 0) is 55.7 Å². The largest absolute Gasteiger partial charge is 0.497 e. The van der Waals surface area contributed by atoms with Gasteiger partial charge in [0.25, 0.3) is 15.9 Å². The maximum atomic E-state index is 12.8. The van der Waals surface area contributed by atoms with E-state index in [1.807, 2.05) is 0 Å². The van der Waals surface area contributed by atoms with Gasteiger partial charge in [0.2, 0.25) is 5.91 Å². The average molecular weight is 474 g/mol. The molecule has 1 heterocycles. The minimum atomic E-state index is -3.79. The van der Waals surface area contributed by atoms with Gasteiger partial charge in [0, 0.05) is 42.9 Å². The number of sulfonamides is 1. The Morgan fingerprint density at radius 1 is 1.09 bits per heavy atom. The van der Waals surface area contributed by atoms with E-state index in [-0.39, 0.29) is 22.6 Å². The molecule has 8 nitrogen and oxygen atoms in total. The third-order valence-electron chi connectivity index (χ3n) is 5.72. The number of nitrogens with zero attached hydrogens (tertiary/aromatic N) is 1. The molecule has 0 saturated carbocycles. The summed E-state index contributed by atoms with van der Waals surface area (Å²) in [5.41, 5.74) is 0.835. The molecule has 0 radical (unpaired) electrons. The lowest BCUT2D eigenvalue weighted by Crippen LogP contribution is -2.43. The SMILES string of the molecule is CCCCNC(=O)C1CCN(C(=O)c2ccc(NS(=O)(=O)c3cccc(OC)c3)cc2)CC1. The predicted molar refractivity (Wildman–Crippen MR) is 127 cm³/mol. The molecule has 0 aromatic heterocycles. The fourth-order valence-corrected chi connectivity index (χ4v) is 4.82. The van der Waals surface area contributed by atoms with Crippen LogP contribution in [0.15, 0.2) is 53.4 Å².